The first-order valence-electron chi connectivity index (χ1n) is 11.5. The molecule has 4 rings (SSSR count). The van der Waals surface area contributed by atoms with Gasteiger partial charge in [-0.3, -0.25) is 19.5 Å². The molecule has 1 heterocycles. The molecule has 0 aliphatic carbocycles. The number of rotatable bonds is 8. The molecule has 4 aromatic rings. The first-order valence-corrected chi connectivity index (χ1v) is 11.5. The van der Waals surface area contributed by atoms with E-state index in [1.165, 1.54) is 59.9 Å². The van der Waals surface area contributed by atoms with Crippen molar-refractivity contribution in [1.82, 2.24) is 9.97 Å². The van der Waals surface area contributed by atoms with Crippen molar-refractivity contribution in [3.63, 3.8) is 0 Å². The molecule has 0 aliphatic rings. The predicted octanol–water partition coefficient (Wildman–Crippen LogP) is 4.82. The maximum absolute atomic E-state index is 13.8. The van der Waals surface area contributed by atoms with Gasteiger partial charge in [-0.05, 0) is 61.0 Å². The second kappa shape index (κ2) is 11.7. The highest BCUT2D eigenvalue weighted by atomic mass is 19.1. The van der Waals surface area contributed by atoms with Gasteiger partial charge in [0, 0.05) is 23.8 Å². The van der Waals surface area contributed by atoms with E-state index >= 15 is 0 Å². The topological polar surface area (TPSA) is 101 Å². The Morgan fingerprint density at radius 1 is 0.946 bits per heavy atom. The number of ether oxygens (including phenoxy) is 1. The Balaban J connectivity index is 1.80. The standard InChI is InChI=1S/C28H23FN4O4/c1-2-37-28(36)20-8-14-23(15-9-20)33(27(35)24-18-30-16-17-31-24)25(19-6-4-3-5-7-19)26(34)32-22-12-10-21(29)11-13-22/h3-18,25H,2H2,1H3,(H,32,34)/t25-/m1/s1. The molecule has 0 bridgehead atoms. The summed E-state index contributed by atoms with van der Waals surface area (Å²) in [5, 5.41) is 2.76. The number of nitrogens with one attached hydrogen (secondary N) is 1. The fraction of sp³-hybridized carbons (Fsp3) is 0.107. The molecule has 0 aliphatic heterocycles. The van der Waals surface area contributed by atoms with E-state index in [9.17, 15) is 18.8 Å². The fourth-order valence-electron chi connectivity index (χ4n) is 3.69. The molecule has 0 saturated carbocycles. The first-order chi connectivity index (χ1) is 18.0. The summed E-state index contributed by atoms with van der Waals surface area (Å²) in [6.45, 7) is 1.93. The Bertz CT molecular complexity index is 1370. The van der Waals surface area contributed by atoms with Gasteiger partial charge in [-0.1, -0.05) is 30.3 Å². The van der Waals surface area contributed by atoms with E-state index in [0.717, 1.165) is 0 Å². The number of amides is 2. The smallest absolute Gasteiger partial charge is 0.338 e. The molecule has 0 fully saturated rings. The maximum atomic E-state index is 13.8. The quantitative estimate of drug-likeness (QED) is 0.350. The van der Waals surface area contributed by atoms with Crippen molar-refractivity contribution in [2.75, 3.05) is 16.8 Å². The monoisotopic (exact) mass is 498 g/mol. The number of anilines is 2. The SMILES string of the molecule is CCOC(=O)c1ccc(N(C(=O)c2cnccn2)[C@@H](C(=O)Nc2ccc(F)cc2)c2ccccc2)cc1. The molecule has 3 aromatic carbocycles. The Morgan fingerprint density at radius 3 is 2.27 bits per heavy atom. The van der Waals surface area contributed by atoms with Crippen molar-refractivity contribution in [3.05, 3.63) is 120 Å². The summed E-state index contributed by atoms with van der Waals surface area (Å²) >= 11 is 0. The summed E-state index contributed by atoms with van der Waals surface area (Å²) in [7, 11) is 0. The molecule has 0 unspecified atom stereocenters. The third-order valence-electron chi connectivity index (χ3n) is 5.39. The zero-order valence-electron chi connectivity index (χ0n) is 19.9. The minimum Gasteiger partial charge on any atom is -0.462 e. The van der Waals surface area contributed by atoms with Crippen LogP contribution in [0.25, 0.3) is 0 Å². The molecule has 1 atom stereocenters. The van der Waals surface area contributed by atoms with Crippen LogP contribution in [0, 0.1) is 5.82 Å². The van der Waals surface area contributed by atoms with Gasteiger partial charge in [-0.25, -0.2) is 14.2 Å². The average molecular weight is 499 g/mol. The van der Waals surface area contributed by atoms with Gasteiger partial charge < -0.3 is 10.1 Å². The number of hydrogen-bond donors (Lipinski definition) is 1. The Labute approximate surface area is 212 Å². The highest BCUT2D eigenvalue weighted by Gasteiger charge is 2.34. The molecule has 9 heteroatoms. The van der Waals surface area contributed by atoms with Crippen LogP contribution in [0.4, 0.5) is 15.8 Å². The molecule has 37 heavy (non-hydrogen) atoms. The molecule has 186 valence electrons. The number of esters is 1. The summed E-state index contributed by atoms with van der Waals surface area (Å²) < 4.78 is 18.5. The van der Waals surface area contributed by atoms with Gasteiger partial charge in [0.1, 0.15) is 17.6 Å². The minimum absolute atomic E-state index is 0.0208. The van der Waals surface area contributed by atoms with E-state index in [1.54, 1.807) is 49.4 Å². The average Bonchev–Trinajstić information content (AvgIpc) is 2.93. The van der Waals surface area contributed by atoms with Crippen LogP contribution in [0.2, 0.25) is 0 Å². The van der Waals surface area contributed by atoms with Crippen LogP contribution in [0.5, 0.6) is 0 Å². The van der Waals surface area contributed by atoms with Gasteiger partial charge in [-0.2, -0.15) is 0 Å². The van der Waals surface area contributed by atoms with Crippen LogP contribution in [-0.4, -0.2) is 34.4 Å². The van der Waals surface area contributed by atoms with Crippen LogP contribution < -0.4 is 10.2 Å². The van der Waals surface area contributed by atoms with Crippen LogP contribution in [-0.2, 0) is 9.53 Å². The van der Waals surface area contributed by atoms with Crippen molar-refractivity contribution >= 4 is 29.2 Å². The summed E-state index contributed by atoms with van der Waals surface area (Å²) in [4.78, 5) is 49.0. The number of halogens is 1. The number of carbonyl (C=O) groups is 3. The minimum atomic E-state index is -1.14. The van der Waals surface area contributed by atoms with Crippen LogP contribution in [0.3, 0.4) is 0 Å². The van der Waals surface area contributed by atoms with E-state index in [1.807, 2.05) is 0 Å². The summed E-state index contributed by atoms with van der Waals surface area (Å²) in [5.41, 5.74) is 1.54. The van der Waals surface area contributed by atoms with Crippen molar-refractivity contribution in [2.45, 2.75) is 13.0 Å². The summed E-state index contributed by atoms with van der Waals surface area (Å²) in [6.07, 6.45) is 4.12. The second-order valence-corrected chi connectivity index (χ2v) is 7.84. The lowest BCUT2D eigenvalue weighted by molar-refractivity contribution is -0.117. The molecule has 2 amide bonds. The molecular weight excluding hydrogens is 475 g/mol. The Morgan fingerprint density at radius 2 is 1.65 bits per heavy atom. The molecule has 8 nitrogen and oxygen atoms in total. The largest absolute Gasteiger partial charge is 0.462 e. The fourth-order valence-corrected chi connectivity index (χ4v) is 3.69. The number of carbonyl (C=O) groups excluding carboxylic acids is 3. The van der Waals surface area contributed by atoms with Gasteiger partial charge in [0.15, 0.2) is 0 Å². The third kappa shape index (κ3) is 6.02. The molecule has 0 radical (unpaired) electrons. The lowest BCUT2D eigenvalue weighted by Gasteiger charge is -2.31. The summed E-state index contributed by atoms with van der Waals surface area (Å²) in [6, 6.07) is 19.1. The molecular formula is C28H23FN4O4. The van der Waals surface area contributed by atoms with E-state index in [2.05, 4.69) is 15.3 Å². The predicted molar refractivity (Wildman–Crippen MR) is 135 cm³/mol. The number of hydrogen-bond acceptors (Lipinski definition) is 6. The van der Waals surface area contributed by atoms with Crippen LogP contribution in [0.15, 0.2) is 97.5 Å². The summed E-state index contributed by atoms with van der Waals surface area (Å²) in [5.74, 6) is -2.07. The molecule has 0 spiro atoms. The van der Waals surface area contributed by atoms with E-state index in [4.69, 9.17) is 4.74 Å². The van der Waals surface area contributed by atoms with Crippen molar-refractivity contribution in [2.24, 2.45) is 0 Å². The highest BCUT2D eigenvalue weighted by Crippen LogP contribution is 2.31. The Kier molecular flexibility index (Phi) is 7.95. The van der Waals surface area contributed by atoms with Crippen molar-refractivity contribution < 1.29 is 23.5 Å². The normalized spacial score (nSPS) is 11.3. The van der Waals surface area contributed by atoms with Crippen molar-refractivity contribution in [1.29, 1.82) is 0 Å². The van der Waals surface area contributed by atoms with Gasteiger partial charge in [-0.15, -0.1) is 0 Å². The van der Waals surface area contributed by atoms with Gasteiger partial charge in [0.2, 0.25) is 0 Å². The van der Waals surface area contributed by atoms with Crippen LogP contribution in [0.1, 0.15) is 39.4 Å². The highest BCUT2D eigenvalue weighted by molar-refractivity contribution is 6.11. The number of aromatic nitrogens is 2. The first kappa shape index (κ1) is 25.2. The van der Waals surface area contributed by atoms with E-state index < -0.39 is 29.6 Å². The van der Waals surface area contributed by atoms with E-state index in [0.29, 0.717) is 22.5 Å². The number of benzene rings is 3. The third-order valence-corrected chi connectivity index (χ3v) is 5.39. The maximum Gasteiger partial charge on any atom is 0.338 e. The lowest BCUT2D eigenvalue weighted by atomic mass is 10.0. The molecule has 1 aromatic heterocycles. The Hall–Kier alpha value is -4.92. The van der Waals surface area contributed by atoms with Crippen LogP contribution >= 0.6 is 0 Å². The van der Waals surface area contributed by atoms with Crippen molar-refractivity contribution in [3.8, 4) is 0 Å². The van der Waals surface area contributed by atoms with E-state index in [-0.39, 0.29) is 12.3 Å². The molecule has 0 saturated heterocycles. The van der Waals surface area contributed by atoms with Gasteiger partial charge in [0.05, 0.1) is 18.4 Å². The lowest BCUT2D eigenvalue weighted by Crippen LogP contribution is -2.42. The zero-order valence-corrected chi connectivity index (χ0v) is 19.9. The zero-order chi connectivity index (χ0) is 26.2. The second-order valence-electron chi connectivity index (χ2n) is 7.84. The number of nitrogens with zero attached hydrogens (tertiary/aromatic N) is 3. The van der Waals surface area contributed by atoms with Gasteiger partial charge >= 0.3 is 5.97 Å². The molecule has 1 N–H and O–H groups in total. The van der Waals surface area contributed by atoms with Gasteiger partial charge in [0.25, 0.3) is 11.8 Å².